The van der Waals surface area contributed by atoms with Gasteiger partial charge in [0.1, 0.15) is 0 Å². The first-order valence-corrected chi connectivity index (χ1v) is 11.1. The Morgan fingerprint density at radius 2 is 1.83 bits per heavy atom. The minimum Gasteiger partial charge on any atom is -0.381 e. The first kappa shape index (κ1) is 27.1. The van der Waals surface area contributed by atoms with Crippen LogP contribution < -0.4 is 10.6 Å². The summed E-state index contributed by atoms with van der Waals surface area (Å²) in [4.78, 5) is 6.89. The zero-order valence-corrected chi connectivity index (χ0v) is 21.3. The number of nitrogens with zero attached hydrogens (tertiary/aromatic N) is 2. The lowest BCUT2D eigenvalue weighted by Gasteiger charge is -2.37. The van der Waals surface area contributed by atoms with Crippen molar-refractivity contribution >= 4 is 29.9 Å². The average Bonchev–Trinajstić information content (AvgIpc) is 2.75. The summed E-state index contributed by atoms with van der Waals surface area (Å²) >= 11 is 0. The largest absolute Gasteiger partial charge is 0.381 e. The molecule has 1 atom stereocenters. The summed E-state index contributed by atoms with van der Waals surface area (Å²) in [6, 6.07) is 11.0. The molecule has 30 heavy (non-hydrogen) atoms. The number of rotatable bonds is 12. The number of benzene rings is 1. The molecule has 1 aliphatic heterocycles. The highest BCUT2D eigenvalue weighted by atomic mass is 127. The molecule has 0 saturated carbocycles. The normalized spacial score (nSPS) is 16.2. The van der Waals surface area contributed by atoms with Crippen LogP contribution in [-0.4, -0.2) is 76.6 Å². The van der Waals surface area contributed by atoms with Crippen molar-refractivity contribution in [2.24, 2.45) is 10.9 Å². The zero-order valence-electron chi connectivity index (χ0n) is 18.9. The van der Waals surface area contributed by atoms with Gasteiger partial charge in [-0.3, -0.25) is 9.89 Å². The number of halogens is 1. The maximum absolute atomic E-state index is 5.75. The van der Waals surface area contributed by atoms with E-state index in [1.807, 2.05) is 13.1 Å². The second-order valence-electron chi connectivity index (χ2n) is 7.89. The monoisotopic (exact) mass is 532 g/mol. The number of nitrogens with one attached hydrogen (secondary N) is 2. The number of ether oxygens (including phenoxy) is 2. The van der Waals surface area contributed by atoms with E-state index in [9.17, 15) is 0 Å². The van der Waals surface area contributed by atoms with Crippen LogP contribution in [0.4, 0.5) is 0 Å². The Hall–Kier alpha value is -0.900. The first-order chi connectivity index (χ1) is 14.2. The van der Waals surface area contributed by atoms with E-state index >= 15 is 0 Å². The van der Waals surface area contributed by atoms with Crippen LogP contribution >= 0.6 is 24.0 Å². The fraction of sp³-hybridized carbons (Fsp3) is 0.696. The second kappa shape index (κ2) is 16.8. The number of guanidine groups is 1. The lowest BCUT2D eigenvalue weighted by Crippen LogP contribution is -2.52. The highest BCUT2D eigenvalue weighted by molar-refractivity contribution is 14.0. The highest BCUT2D eigenvalue weighted by Crippen LogP contribution is 2.12. The summed E-state index contributed by atoms with van der Waals surface area (Å²) in [6.07, 6.45) is 3.11. The van der Waals surface area contributed by atoms with Crippen LogP contribution in [-0.2, 0) is 15.9 Å². The molecule has 1 aliphatic rings. The van der Waals surface area contributed by atoms with E-state index in [0.717, 1.165) is 77.8 Å². The van der Waals surface area contributed by atoms with Gasteiger partial charge in [-0.2, -0.15) is 0 Å². The molecule has 1 aromatic carbocycles. The molecule has 7 heteroatoms. The standard InChI is InChI=1S/C23H40N4O2.HI/c1-20(2)22(27-13-17-29-18-14-27)19-26-23(24-3)25-12-7-8-15-28-16-11-21-9-5-4-6-10-21;/h4-6,9-10,20,22H,7-8,11-19H2,1-3H3,(H2,24,25,26);1H. The molecule has 1 saturated heterocycles. The molecule has 1 unspecified atom stereocenters. The van der Waals surface area contributed by atoms with Crippen molar-refractivity contribution in [3.8, 4) is 0 Å². The summed E-state index contributed by atoms with van der Waals surface area (Å²) in [6.45, 7) is 11.7. The Kier molecular flexibility index (Phi) is 15.2. The van der Waals surface area contributed by atoms with E-state index in [1.165, 1.54) is 5.56 Å². The van der Waals surface area contributed by atoms with Gasteiger partial charge in [-0.25, -0.2) is 0 Å². The fourth-order valence-electron chi connectivity index (χ4n) is 3.59. The predicted octanol–water partition coefficient (Wildman–Crippen LogP) is 3.17. The second-order valence-corrected chi connectivity index (χ2v) is 7.89. The van der Waals surface area contributed by atoms with Gasteiger partial charge in [-0.1, -0.05) is 44.2 Å². The van der Waals surface area contributed by atoms with Gasteiger partial charge >= 0.3 is 0 Å². The number of aliphatic imine (C=N–C) groups is 1. The Morgan fingerprint density at radius 3 is 2.50 bits per heavy atom. The van der Waals surface area contributed by atoms with Crippen LogP contribution in [0, 0.1) is 5.92 Å². The van der Waals surface area contributed by atoms with E-state index in [4.69, 9.17) is 9.47 Å². The van der Waals surface area contributed by atoms with Crippen LogP contribution in [0.1, 0.15) is 32.3 Å². The van der Waals surface area contributed by atoms with Crippen LogP contribution in [0.2, 0.25) is 0 Å². The molecule has 172 valence electrons. The molecule has 1 fully saturated rings. The Bertz CT molecular complexity index is 566. The van der Waals surface area contributed by atoms with Gasteiger partial charge in [0.05, 0.1) is 19.8 Å². The molecule has 0 amide bonds. The third kappa shape index (κ3) is 10.9. The van der Waals surface area contributed by atoms with Gasteiger partial charge in [-0.05, 0) is 30.7 Å². The van der Waals surface area contributed by atoms with E-state index in [-0.39, 0.29) is 24.0 Å². The van der Waals surface area contributed by atoms with Crippen LogP contribution in [0.3, 0.4) is 0 Å². The lowest BCUT2D eigenvalue weighted by atomic mass is 10.0. The maximum Gasteiger partial charge on any atom is 0.191 e. The van der Waals surface area contributed by atoms with Crippen molar-refractivity contribution in [3.63, 3.8) is 0 Å². The summed E-state index contributed by atoms with van der Waals surface area (Å²) in [7, 11) is 1.83. The molecular weight excluding hydrogens is 491 g/mol. The van der Waals surface area contributed by atoms with Gasteiger partial charge in [0.2, 0.25) is 0 Å². The molecule has 1 aromatic rings. The summed E-state index contributed by atoms with van der Waals surface area (Å²) in [5, 5.41) is 6.93. The van der Waals surface area contributed by atoms with Crippen molar-refractivity contribution in [1.29, 1.82) is 0 Å². The third-order valence-corrected chi connectivity index (χ3v) is 5.37. The molecule has 0 aliphatic carbocycles. The van der Waals surface area contributed by atoms with E-state index < -0.39 is 0 Å². The zero-order chi connectivity index (χ0) is 20.7. The lowest BCUT2D eigenvalue weighted by molar-refractivity contribution is 0.00752. The molecular formula is C23H41IN4O2. The summed E-state index contributed by atoms with van der Waals surface area (Å²) in [5.41, 5.74) is 1.33. The van der Waals surface area contributed by atoms with Crippen molar-refractivity contribution in [2.45, 2.75) is 39.2 Å². The van der Waals surface area contributed by atoms with Crippen molar-refractivity contribution in [3.05, 3.63) is 35.9 Å². The Balaban J connectivity index is 0.00000450. The molecule has 0 bridgehead atoms. The molecule has 2 rings (SSSR count). The van der Waals surface area contributed by atoms with E-state index in [0.29, 0.717) is 12.0 Å². The van der Waals surface area contributed by atoms with Crippen molar-refractivity contribution in [1.82, 2.24) is 15.5 Å². The molecule has 2 N–H and O–H groups in total. The number of morpholine rings is 1. The van der Waals surface area contributed by atoms with Crippen molar-refractivity contribution < 1.29 is 9.47 Å². The van der Waals surface area contributed by atoms with E-state index in [1.54, 1.807) is 0 Å². The quantitative estimate of drug-likeness (QED) is 0.188. The SMILES string of the molecule is CN=C(NCCCCOCCc1ccccc1)NCC(C(C)C)N1CCOCC1.I. The average molecular weight is 533 g/mol. The highest BCUT2D eigenvalue weighted by Gasteiger charge is 2.23. The van der Waals surface area contributed by atoms with Gasteiger partial charge < -0.3 is 20.1 Å². The van der Waals surface area contributed by atoms with Crippen LogP contribution in [0.25, 0.3) is 0 Å². The molecule has 6 nitrogen and oxygen atoms in total. The smallest absolute Gasteiger partial charge is 0.191 e. The Morgan fingerprint density at radius 1 is 1.10 bits per heavy atom. The van der Waals surface area contributed by atoms with Gasteiger partial charge in [0.15, 0.2) is 5.96 Å². The van der Waals surface area contributed by atoms with E-state index in [2.05, 4.69) is 58.6 Å². The van der Waals surface area contributed by atoms with Gasteiger partial charge in [0.25, 0.3) is 0 Å². The van der Waals surface area contributed by atoms with Crippen molar-refractivity contribution in [2.75, 3.05) is 59.7 Å². The molecule has 0 radical (unpaired) electrons. The molecule has 1 heterocycles. The van der Waals surface area contributed by atoms with Gasteiger partial charge in [-0.15, -0.1) is 24.0 Å². The summed E-state index contributed by atoms with van der Waals surface area (Å²) < 4.78 is 11.2. The minimum absolute atomic E-state index is 0. The third-order valence-electron chi connectivity index (χ3n) is 5.37. The van der Waals surface area contributed by atoms with Gasteiger partial charge in [0, 0.05) is 45.9 Å². The predicted molar refractivity (Wildman–Crippen MR) is 136 cm³/mol. The maximum atomic E-state index is 5.75. The van der Waals surface area contributed by atoms with Crippen LogP contribution in [0.5, 0.6) is 0 Å². The number of hydrogen-bond acceptors (Lipinski definition) is 4. The number of unbranched alkanes of at least 4 members (excludes halogenated alkanes) is 1. The van der Waals surface area contributed by atoms with Crippen LogP contribution in [0.15, 0.2) is 35.3 Å². The minimum atomic E-state index is 0. The Labute approximate surface area is 200 Å². The number of hydrogen-bond donors (Lipinski definition) is 2. The summed E-state index contributed by atoms with van der Waals surface area (Å²) in [5.74, 6) is 1.47. The first-order valence-electron chi connectivity index (χ1n) is 11.1. The molecule has 0 spiro atoms. The molecule has 0 aromatic heterocycles. The fourth-order valence-corrected chi connectivity index (χ4v) is 3.59. The topological polar surface area (TPSA) is 58.1 Å².